The third-order valence-electron chi connectivity index (χ3n) is 4.32. The molecule has 1 fully saturated rings. The molecule has 0 aromatic carbocycles. The molecule has 0 saturated carbocycles. The molecule has 5 nitrogen and oxygen atoms in total. The molecule has 2 aliphatic rings. The predicted octanol–water partition coefficient (Wildman–Crippen LogP) is 2.12. The maximum atomic E-state index is 12.2. The Bertz CT molecular complexity index is 407. The van der Waals surface area contributed by atoms with Crippen molar-refractivity contribution in [3.8, 4) is 0 Å². The van der Waals surface area contributed by atoms with Gasteiger partial charge in [-0.15, -0.1) is 0 Å². The van der Waals surface area contributed by atoms with E-state index in [2.05, 4.69) is 12.2 Å². The van der Waals surface area contributed by atoms with Gasteiger partial charge in [-0.05, 0) is 6.42 Å². The fourth-order valence-corrected chi connectivity index (χ4v) is 3.15. The summed E-state index contributed by atoms with van der Waals surface area (Å²) < 4.78 is 5.50. The monoisotopic (exact) mass is 295 g/mol. The van der Waals surface area contributed by atoms with Crippen molar-refractivity contribution in [2.24, 2.45) is 11.8 Å². The molecular weight excluding hydrogens is 270 g/mol. The fraction of sp³-hybridized carbons (Fsp3) is 0.750. The number of rotatable bonds is 9. The molecule has 2 rings (SSSR count). The van der Waals surface area contributed by atoms with Crippen molar-refractivity contribution in [2.75, 3.05) is 6.54 Å². The number of fused-ring (bicyclic) bond motifs is 2. The van der Waals surface area contributed by atoms with E-state index in [1.165, 1.54) is 25.7 Å². The number of carbonyl (C=O) groups excluding carboxylic acids is 1. The van der Waals surface area contributed by atoms with Crippen LogP contribution in [0.5, 0.6) is 0 Å². The molecular formula is C16H25NO4. The average molecular weight is 295 g/mol. The highest BCUT2D eigenvalue weighted by Gasteiger charge is 2.52. The number of carbonyl (C=O) groups is 2. The normalized spacial score (nSPS) is 29.8. The van der Waals surface area contributed by atoms with Gasteiger partial charge < -0.3 is 15.2 Å². The molecule has 5 heteroatoms. The summed E-state index contributed by atoms with van der Waals surface area (Å²) in [6.45, 7) is 2.81. The Morgan fingerprint density at radius 1 is 1.05 bits per heavy atom. The van der Waals surface area contributed by atoms with Crippen LogP contribution in [0.1, 0.15) is 45.4 Å². The van der Waals surface area contributed by atoms with E-state index < -0.39 is 23.9 Å². The predicted molar refractivity (Wildman–Crippen MR) is 78.8 cm³/mol. The van der Waals surface area contributed by atoms with E-state index in [1.807, 2.05) is 0 Å². The minimum atomic E-state index is -0.952. The highest BCUT2D eigenvalue weighted by atomic mass is 16.5. The lowest BCUT2D eigenvalue weighted by atomic mass is 9.82. The first-order valence-electron chi connectivity index (χ1n) is 7.99. The van der Waals surface area contributed by atoms with E-state index in [1.54, 1.807) is 12.2 Å². The third kappa shape index (κ3) is 3.84. The number of unbranched alkanes of at least 4 members (excludes halogenated alkanes) is 5. The Balaban J connectivity index is 1.71. The van der Waals surface area contributed by atoms with Gasteiger partial charge in [0.15, 0.2) is 0 Å². The molecule has 2 heterocycles. The summed E-state index contributed by atoms with van der Waals surface area (Å²) in [6.07, 6.45) is 9.73. The minimum Gasteiger partial charge on any atom is -0.481 e. The largest absolute Gasteiger partial charge is 0.481 e. The second kappa shape index (κ2) is 7.59. The molecule has 2 aliphatic heterocycles. The van der Waals surface area contributed by atoms with Crippen LogP contribution in [-0.2, 0) is 14.3 Å². The van der Waals surface area contributed by atoms with Crippen LogP contribution in [0.25, 0.3) is 0 Å². The topological polar surface area (TPSA) is 75.6 Å². The van der Waals surface area contributed by atoms with Gasteiger partial charge >= 0.3 is 5.97 Å². The van der Waals surface area contributed by atoms with E-state index >= 15 is 0 Å². The molecule has 4 atom stereocenters. The molecule has 118 valence electrons. The zero-order valence-corrected chi connectivity index (χ0v) is 12.6. The van der Waals surface area contributed by atoms with Crippen molar-refractivity contribution < 1.29 is 19.4 Å². The van der Waals surface area contributed by atoms with Crippen molar-refractivity contribution in [3.63, 3.8) is 0 Å². The Hall–Kier alpha value is -1.36. The lowest BCUT2D eigenvalue weighted by molar-refractivity contribution is -0.146. The summed E-state index contributed by atoms with van der Waals surface area (Å²) in [7, 11) is 0. The number of aliphatic carboxylic acids is 1. The molecule has 2 bridgehead atoms. The molecule has 0 spiro atoms. The highest BCUT2D eigenvalue weighted by Crippen LogP contribution is 2.39. The Morgan fingerprint density at radius 3 is 2.33 bits per heavy atom. The highest BCUT2D eigenvalue weighted by molar-refractivity contribution is 5.87. The summed E-state index contributed by atoms with van der Waals surface area (Å²) in [4.78, 5) is 23.5. The zero-order valence-electron chi connectivity index (χ0n) is 12.6. The van der Waals surface area contributed by atoms with Gasteiger partial charge in [-0.25, -0.2) is 0 Å². The van der Waals surface area contributed by atoms with Gasteiger partial charge in [0, 0.05) is 6.54 Å². The van der Waals surface area contributed by atoms with Crippen LogP contribution in [0.3, 0.4) is 0 Å². The SMILES string of the molecule is CCCCCCCCNC(=O)C1C2C=CC(O2)C1C(=O)O. The molecule has 0 radical (unpaired) electrons. The molecule has 0 aliphatic carbocycles. The molecule has 4 unspecified atom stereocenters. The number of carboxylic acid groups (broad SMARTS) is 1. The number of nitrogens with one attached hydrogen (secondary N) is 1. The third-order valence-corrected chi connectivity index (χ3v) is 4.32. The average Bonchev–Trinajstić information content (AvgIpc) is 3.06. The standard InChI is InChI=1S/C16H25NO4/c1-2-3-4-5-6-7-10-17-15(18)13-11-8-9-12(21-11)14(13)16(19)20/h8-9,11-14H,2-7,10H2,1H3,(H,17,18)(H,19,20). The van der Waals surface area contributed by atoms with E-state index in [0.717, 1.165) is 12.8 Å². The van der Waals surface area contributed by atoms with Crippen LogP contribution in [0, 0.1) is 11.8 Å². The first-order chi connectivity index (χ1) is 10.1. The number of hydrogen-bond donors (Lipinski definition) is 2. The summed E-state index contributed by atoms with van der Waals surface area (Å²) in [5, 5.41) is 12.1. The first-order valence-corrected chi connectivity index (χ1v) is 7.99. The minimum absolute atomic E-state index is 0.187. The van der Waals surface area contributed by atoms with Crippen LogP contribution >= 0.6 is 0 Å². The first kappa shape index (κ1) is 16.0. The Kier molecular flexibility index (Phi) is 5.79. The van der Waals surface area contributed by atoms with Crippen molar-refractivity contribution in [1.29, 1.82) is 0 Å². The number of ether oxygens (including phenoxy) is 1. The van der Waals surface area contributed by atoms with Gasteiger partial charge in [0.2, 0.25) is 5.91 Å². The summed E-state index contributed by atoms with van der Waals surface area (Å²) in [5.41, 5.74) is 0. The molecule has 2 N–H and O–H groups in total. The number of amides is 1. The van der Waals surface area contributed by atoms with Gasteiger partial charge in [-0.1, -0.05) is 51.2 Å². The van der Waals surface area contributed by atoms with Gasteiger partial charge in [0.05, 0.1) is 18.1 Å². The molecule has 1 amide bonds. The second-order valence-electron chi connectivity index (χ2n) is 5.90. The van der Waals surface area contributed by atoms with E-state index in [4.69, 9.17) is 4.74 Å². The second-order valence-corrected chi connectivity index (χ2v) is 5.90. The summed E-state index contributed by atoms with van der Waals surface area (Å²) in [6, 6.07) is 0. The summed E-state index contributed by atoms with van der Waals surface area (Å²) in [5.74, 6) is -2.47. The Morgan fingerprint density at radius 2 is 1.67 bits per heavy atom. The van der Waals surface area contributed by atoms with Gasteiger partial charge in [-0.3, -0.25) is 9.59 Å². The van der Waals surface area contributed by atoms with Crippen LogP contribution in [0.4, 0.5) is 0 Å². The smallest absolute Gasteiger partial charge is 0.310 e. The van der Waals surface area contributed by atoms with Crippen LogP contribution < -0.4 is 5.32 Å². The van der Waals surface area contributed by atoms with Crippen molar-refractivity contribution in [2.45, 2.75) is 57.7 Å². The van der Waals surface area contributed by atoms with E-state index in [0.29, 0.717) is 6.54 Å². The Labute approximate surface area is 125 Å². The van der Waals surface area contributed by atoms with E-state index in [-0.39, 0.29) is 12.0 Å². The van der Waals surface area contributed by atoms with Crippen LogP contribution in [0.2, 0.25) is 0 Å². The van der Waals surface area contributed by atoms with Crippen molar-refractivity contribution >= 4 is 11.9 Å². The van der Waals surface area contributed by atoms with Crippen LogP contribution in [-0.4, -0.2) is 35.7 Å². The lowest BCUT2D eigenvalue weighted by Crippen LogP contribution is -2.42. The molecule has 0 aromatic heterocycles. The molecule has 1 saturated heterocycles. The van der Waals surface area contributed by atoms with Gasteiger partial charge in [-0.2, -0.15) is 0 Å². The zero-order chi connectivity index (χ0) is 15.2. The number of hydrogen-bond acceptors (Lipinski definition) is 3. The maximum Gasteiger partial charge on any atom is 0.310 e. The fourth-order valence-electron chi connectivity index (χ4n) is 3.15. The van der Waals surface area contributed by atoms with Crippen LogP contribution in [0.15, 0.2) is 12.2 Å². The molecule has 0 aromatic rings. The quantitative estimate of drug-likeness (QED) is 0.504. The van der Waals surface area contributed by atoms with Gasteiger partial charge in [0.25, 0.3) is 0 Å². The lowest BCUT2D eigenvalue weighted by Gasteiger charge is -2.20. The van der Waals surface area contributed by atoms with Crippen molar-refractivity contribution in [3.05, 3.63) is 12.2 Å². The number of carboxylic acids is 1. The van der Waals surface area contributed by atoms with E-state index in [9.17, 15) is 14.7 Å². The maximum absolute atomic E-state index is 12.2. The van der Waals surface area contributed by atoms with Gasteiger partial charge in [0.1, 0.15) is 5.92 Å². The summed E-state index contributed by atoms with van der Waals surface area (Å²) >= 11 is 0. The molecule has 21 heavy (non-hydrogen) atoms. The van der Waals surface area contributed by atoms with Crippen molar-refractivity contribution in [1.82, 2.24) is 5.32 Å².